The topological polar surface area (TPSA) is 41.6 Å². The maximum absolute atomic E-state index is 12.0. The first-order chi connectivity index (χ1) is 9.25. The van der Waals surface area contributed by atoms with Crippen molar-refractivity contribution in [1.29, 1.82) is 0 Å². The van der Waals surface area contributed by atoms with E-state index in [1.807, 2.05) is 11.9 Å². The Morgan fingerprint density at radius 1 is 1.32 bits per heavy atom. The Hall–Kier alpha value is -0.610. The number of rotatable bonds is 8. The zero-order valence-corrected chi connectivity index (χ0v) is 12.2. The molecule has 110 valence electrons. The van der Waals surface area contributed by atoms with E-state index in [4.69, 9.17) is 4.74 Å². The van der Waals surface area contributed by atoms with Gasteiger partial charge in [-0.05, 0) is 44.6 Å². The zero-order chi connectivity index (χ0) is 13.5. The van der Waals surface area contributed by atoms with Crippen LogP contribution in [0.25, 0.3) is 0 Å². The van der Waals surface area contributed by atoms with Crippen molar-refractivity contribution in [2.75, 3.05) is 33.4 Å². The molecule has 0 bridgehead atoms. The standard InChI is InChI=1S/C15H28N2O2/c1-17(10-11-19-12-13-5-6-13)15(18)8-7-14-4-2-3-9-16-14/h13-14,16H,2-12H2,1H3. The molecule has 1 amide bonds. The minimum Gasteiger partial charge on any atom is -0.379 e. The van der Waals surface area contributed by atoms with Crippen LogP contribution in [0, 0.1) is 5.92 Å². The molecule has 0 spiro atoms. The predicted octanol–water partition coefficient (Wildman–Crippen LogP) is 1.79. The van der Waals surface area contributed by atoms with Gasteiger partial charge in [-0.25, -0.2) is 0 Å². The van der Waals surface area contributed by atoms with Crippen molar-refractivity contribution in [2.45, 2.75) is 51.0 Å². The van der Waals surface area contributed by atoms with Gasteiger partial charge in [0.1, 0.15) is 0 Å². The number of nitrogens with zero attached hydrogens (tertiary/aromatic N) is 1. The average Bonchev–Trinajstić information content (AvgIpc) is 3.26. The molecule has 0 aromatic carbocycles. The molecule has 0 radical (unpaired) electrons. The molecule has 2 rings (SSSR count). The van der Waals surface area contributed by atoms with Gasteiger partial charge < -0.3 is 15.0 Å². The molecular formula is C15H28N2O2. The summed E-state index contributed by atoms with van der Waals surface area (Å²) in [6.07, 6.45) is 8.09. The summed E-state index contributed by atoms with van der Waals surface area (Å²) in [7, 11) is 1.89. The molecule has 4 heteroatoms. The van der Waals surface area contributed by atoms with E-state index in [-0.39, 0.29) is 5.91 Å². The quantitative estimate of drug-likeness (QED) is 0.682. The minimum absolute atomic E-state index is 0.252. The van der Waals surface area contributed by atoms with Gasteiger partial charge in [0.2, 0.25) is 5.91 Å². The highest BCUT2D eigenvalue weighted by molar-refractivity contribution is 5.75. The number of amides is 1. The molecule has 1 saturated carbocycles. The van der Waals surface area contributed by atoms with Gasteiger partial charge in [0.15, 0.2) is 0 Å². The fraction of sp³-hybridized carbons (Fsp3) is 0.933. The largest absolute Gasteiger partial charge is 0.379 e. The van der Waals surface area contributed by atoms with Gasteiger partial charge in [0.25, 0.3) is 0 Å². The van der Waals surface area contributed by atoms with Crippen LogP contribution in [-0.2, 0) is 9.53 Å². The van der Waals surface area contributed by atoms with Crippen molar-refractivity contribution in [2.24, 2.45) is 5.92 Å². The van der Waals surface area contributed by atoms with E-state index in [1.165, 1.54) is 32.1 Å². The van der Waals surface area contributed by atoms with Gasteiger partial charge in [-0.2, -0.15) is 0 Å². The van der Waals surface area contributed by atoms with E-state index in [1.54, 1.807) is 0 Å². The first kappa shape index (κ1) is 14.8. The van der Waals surface area contributed by atoms with Gasteiger partial charge in [-0.15, -0.1) is 0 Å². The van der Waals surface area contributed by atoms with Crippen LogP contribution in [0.15, 0.2) is 0 Å². The SMILES string of the molecule is CN(CCOCC1CC1)C(=O)CCC1CCCCN1. The second-order valence-electron chi connectivity index (χ2n) is 6.02. The Balaban J connectivity index is 1.50. The first-order valence-electron chi connectivity index (χ1n) is 7.81. The van der Waals surface area contributed by atoms with Crippen molar-refractivity contribution < 1.29 is 9.53 Å². The molecule has 1 unspecified atom stereocenters. The molecule has 19 heavy (non-hydrogen) atoms. The molecule has 1 aliphatic heterocycles. The van der Waals surface area contributed by atoms with Crippen molar-refractivity contribution >= 4 is 5.91 Å². The fourth-order valence-corrected chi connectivity index (χ4v) is 2.52. The lowest BCUT2D eigenvalue weighted by Gasteiger charge is -2.24. The van der Waals surface area contributed by atoms with Crippen LogP contribution in [0.3, 0.4) is 0 Å². The number of carbonyl (C=O) groups is 1. The Labute approximate surface area is 116 Å². The predicted molar refractivity (Wildman–Crippen MR) is 76.1 cm³/mol. The Morgan fingerprint density at radius 3 is 2.84 bits per heavy atom. The van der Waals surface area contributed by atoms with Gasteiger partial charge >= 0.3 is 0 Å². The second-order valence-corrected chi connectivity index (χ2v) is 6.02. The molecule has 1 heterocycles. The molecule has 1 aliphatic carbocycles. The third-order valence-electron chi connectivity index (χ3n) is 4.17. The van der Waals surface area contributed by atoms with E-state index >= 15 is 0 Å². The van der Waals surface area contributed by atoms with Gasteiger partial charge in [-0.1, -0.05) is 6.42 Å². The smallest absolute Gasteiger partial charge is 0.222 e. The molecule has 0 aromatic rings. The van der Waals surface area contributed by atoms with Crippen molar-refractivity contribution in [3.8, 4) is 0 Å². The lowest BCUT2D eigenvalue weighted by molar-refractivity contribution is -0.130. The highest BCUT2D eigenvalue weighted by Gasteiger charge is 2.21. The van der Waals surface area contributed by atoms with Crippen LogP contribution in [0.4, 0.5) is 0 Å². The molecule has 1 atom stereocenters. The maximum Gasteiger partial charge on any atom is 0.222 e. The van der Waals surface area contributed by atoms with Crippen LogP contribution in [0.2, 0.25) is 0 Å². The highest BCUT2D eigenvalue weighted by Crippen LogP contribution is 2.28. The van der Waals surface area contributed by atoms with Crippen LogP contribution in [0.1, 0.15) is 44.9 Å². The van der Waals surface area contributed by atoms with E-state index in [2.05, 4.69) is 5.32 Å². The maximum atomic E-state index is 12.0. The molecule has 4 nitrogen and oxygen atoms in total. The molecule has 1 saturated heterocycles. The number of carbonyl (C=O) groups excluding carboxylic acids is 1. The van der Waals surface area contributed by atoms with E-state index in [0.717, 1.165) is 32.0 Å². The van der Waals surface area contributed by atoms with Crippen molar-refractivity contribution in [3.63, 3.8) is 0 Å². The number of likely N-dealkylation sites (N-methyl/N-ethyl adjacent to an activating group) is 1. The Kier molecular flexibility index (Phi) is 6.11. The number of nitrogens with one attached hydrogen (secondary N) is 1. The number of ether oxygens (including phenoxy) is 1. The number of hydrogen-bond acceptors (Lipinski definition) is 3. The summed E-state index contributed by atoms with van der Waals surface area (Å²) >= 11 is 0. The second kappa shape index (κ2) is 7.85. The molecule has 2 aliphatic rings. The summed E-state index contributed by atoms with van der Waals surface area (Å²) in [5.74, 6) is 1.06. The summed E-state index contributed by atoms with van der Waals surface area (Å²) < 4.78 is 5.57. The zero-order valence-electron chi connectivity index (χ0n) is 12.2. The summed E-state index contributed by atoms with van der Waals surface area (Å²) in [6, 6.07) is 0.553. The molecule has 2 fully saturated rings. The lowest BCUT2D eigenvalue weighted by Crippen LogP contribution is -2.36. The van der Waals surface area contributed by atoms with E-state index < -0.39 is 0 Å². The van der Waals surface area contributed by atoms with Crippen LogP contribution < -0.4 is 5.32 Å². The normalized spacial score (nSPS) is 23.3. The Morgan fingerprint density at radius 2 is 2.16 bits per heavy atom. The number of piperidine rings is 1. The van der Waals surface area contributed by atoms with Crippen molar-refractivity contribution in [1.82, 2.24) is 10.2 Å². The third kappa shape index (κ3) is 5.91. The van der Waals surface area contributed by atoms with Gasteiger partial charge in [0, 0.05) is 32.7 Å². The summed E-state index contributed by atoms with van der Waals surface area (Å²) in [6.45, 7) is 3.40. The van der Waals surface area contributed by atoms with Crippen molar-refractivity contribution in [3.05, 3.63) is 0 Å². The molecule has 0 aromatic heterocycles. The van der Waals surface area contributed by atoms with Gasteiger partial charge in [-0.3, -0.25) is 4.79 Å². The summed E-state index contributed by atoms with van der Waals surface area (Å²) in [5, 5.41) is 3.49. The monoisotopic (exact) mass is 268 g/mol. The minimum atomic E-state index is 0.252. The summed E-state index contributed by atoms with van der Waals surface area (Å²) in [4.78, 5) is 13.8. The van der Waals surface area contributed by atoms with Gasteiger partial charge in [0.05, 0.1) is 6.61 Å². The van der Waals surface area contributed by atoms with E-state index in [0.29, 0.717) is 19.1 Å². The summed E-state index contributed by atoms with van der Waals surface area (Å²) in [5.41, 5.74) is 0. The lowest BCUT2D eigenvalue weighted by atomic mass is 10.0. The first-order valence-corrected chi connectivity index (χ1v) is 7.81. The molecule has 1 N–H and O–H groups in total. The van der Waals surface area contributed by atoms with Crippen LogP contribution in [-0.4, -0.2) is 50.2 Å². The highest BCUT2D eigenvalue weighted by atomic mass is 16.5. The molecular weight excluding hydrogens is 240 g/mol. The van der Waals surface area contributed by atoms with Crippen LogP contribution in [0.5, 0.6) is 0 Å². The fourth-order valence-electron chi connectivity index (χ4n) is 2.52. The Bertz CT molecular complexity index is 273. The number of hydrogen-bond donors (Lipinski definition) is 1. The average molecular weight is 268 g/mol. The third-order valence-corrected chi connectivity index (χ3v) is 4.17. The van der Waals surface area contributed by atoms with Crippen LogP contribution >= 0.6 is 0 Å². The van der Waals surface area contributed by atoms with E-state index in [9.17, 15) is 4.79 Å².